The summed E-state index contributed by atoms with van der Waals surface area (Å²) in [7, 11) is 0. The van der Waals surface area contributed by atoms with Gasteiger partial charge in [-0.05, 0) is 82.1 Å². The molecule has 0 spiro atoms. The number of nitrogens with one attached hydrogen (secondary N) is 2. The van der Waals surface area contributed by atoms with Crippen LogP contribution in [-0.2, 0) is 4.79 Å². The number of aryl methyl sites for hydroxylation is 2. The Morgan fingerprint density at radius 2 is 1.68 bits per heavy atom. The van der Waals surface area contributed by atoms with E-state index in [2.05, 4.69) is 36.5 Å². The zero-order valence-electron chi connectivity index (χ0n) is 17.2. The molecule has 0 aliphatic rings. The molecule has 0 unspecified atom stereocenters. The Labute approximate surface area is 166 Å². The molecule has 0 heterocycles. The van der Waals surface area contributed by atoms with E-state index in [0.717, 1.165) is 23.4 Å². The van der Waals surface area contributed by atoms with Crippen LogP contribution in [0.4, 0.5) is 5.69 Å². The molecule has 0 saturated heterocycles. The van der Waals surface area contributed by atoms with Crippen molar-refractivity contribution in [3.05, 3.63) is 59.2 Å². The van der Waals surface area contributed by atoms with Crippen LogP contribution in [0.25, 0.3) is 0 Å². The predicted octanol–water partition coefficient (Wildman–Crippen LogP) is 3.38. The van der Waals surface area contributed by atoms with Crippen molar-refractivity contribution in [1.29, 1.82) is 0 Å². The van der Waals surface area contributed by atoms with Gasteiger partial charge in [-0.25, -0.2) is 0 Å². The van der Waals surface area contributed by atoms with Gasteiger partial charge in [0.2, 0.25) is 0 Å². The van der Waals surface area contributed by atoms with E-state index in [1.54, 1.807) is 12.1 Å². The van der Waals surface area contributed by atoms with Gasteiger partial charge in [-0.15, -0.1) is 0 Å². The molecule has 0 saturated carbocycles. The van der Waals surface area contributed by atoms with Gasteiger partial charge in [0.15, 0.2) is 6.61 Å². The van der Waals surface area contributed by atoms with Crippen molar-refractivity contribution in [2.24, 2.45) is 0 Å². The highest BCUT2D eigenvalue weighted by Crippen LogP contribution is 2.18. The first kappa shape index (κ1) is 21.3. The van der Waals surface area contributed by atoms with Gasteiger partial charge in [0.25, 0.3) is 11.8 Å². The summed E-state index contributed by atoms with van der Waals surface area (Å²) in [5.74, 6) is -0.190. The van der Waals surface area contributed by atoms with Crippen LogP contribution in [0.15, 0.2) is 42.5 Å². The van der Waals surface area contributed by atoms with Gasteiger partial charge in [0.05, 0.1) is 0 Å². The maximum Gasteiger partial charge on any atom is 0.276 e. The Morgan fingerprint density at radius 3 is 2.25 bits per heavy atom. The standard InChI is InChI=1S/C22H29N3O3/c1-6-25(15(2)3)19-10-8-18(9-11-19)22(27)24-23-21(26)14-28-20-12-7-16(4)17(5)13-20/h7-13,15H,6,14H2,1-5H3,(H,23,26)(H,24,27). The van der Waals surface area contributed by atoms with Crippen LogP contribution in [-0.4, -0.2) is 31.0 Å². The van der Waals surface area contributed by atoms with E-state index in [1.807, 2.05) is 44.2 Å². The Bertz CT molecular complexity index is 816. The summed E-state index contributed by atoms with van der Waals surface area (Å²) in [6.07, 6.45) is 0. The van der Waals surface area contributed by atoms with E-state index >= 15 is 0 Å². The van der Waals surface area contributed by atoms with Crippen molar-refractivity contribution in [3.63, 3.8) is 0 Å². The van der Waals surface area contributed by atoms with Crippen LogP contribution in [0.3, 0.4) is 0 Å². The highest BCUT2D eigenvalue weighted by molar-refractivity contribution is 5.95. The largest absolute Gasteiger partial charge is 0.484 e. The molecular weight excluding hydrogens is 354 g/mol. The fourth-order valence-corrected chi connectivity index (χ4v) is 2.84. The van der Waals surface area contributed by atoms with Crippen molar-refractivity contribution in [3.8, 4) is 5.75 Å². The SMILES string of the molecule is CCN(c1ccc(C(=O)NNC(=O)COc2ccc(C)c(C)c2)cc1)C(C)C. The van der Waals surface area contributed by atoms with E-state index in [9.17, 15) is 9.59 Å². The van der Waals surface area contributed by atoms with Crippen molar-refractivity contribution in [2.75, 3.05) is 18.1 Å². The molecule has 0 fully saturated rings. The third kappa shape index (κ3) is 5.74. The maximum absolute atomic E-state index is 12.2. The van der Waals surface area contributed by atoms with Crippen molar-refractivity contribution >= 4 is 17.5 Å². The zero-order valence-corrected chi connectivity index (χ0v) is 17.2. The van der Waals surface area contributed by atoms with Crippen LogP contribution in [0.1, 0.15) is 42.3 Å². The number of hydrogen-bond acceptors (Lipinski definition) is 4. The third-order valence-electron chi connectivity index (χ3n) is 4.59. The normalized spacial score (nSPS) is 10.5. The quantitative estimate of drug-likeness (QED) is 0.719. The number of ether oxygens (including phenoxy) is 1. The van der Waals surface area contributed by atoms with E-state index < -0.39 is 5.91 Å². The third-order valence-corrected chi connectivity index (χ3v) is 4.59. The van der Waals surface area contributed by atoms with Gasteiger partial charge >= 0.3 is 0 Å². The van der Waals surface area contributed by atoms with Gasteiger partial charge in [-0.2, -0.15) is 0 Å². The minimum atomic E-state index is -0.430. The van der Waals surface area contributed by atoms with Crippen LogP contribution in [0.2, 0.25) is 0 Å². The molecule has 28 heavy (non-hydrogen) atoms. The summed E-state index contributed by atoms with van der Waals surface area (Å²) in [6.45, 7) is 11.0. The molecule has 150 valence electrons. The van der Waals surface area contributed by atoms with Gasteiger partial charge in [-0.3, -0.25) is 20.4 Å². The minimum absolute atomic E-state index is 0.179. The summed E-state index contributed by atoms with van der Waals surface area (Å²) >= 11 is 0. The second kappa shape index (κ2) is 9.78. The molecule has 0 radical (unpaired) electrons. The summed E-state index contributed by atoms with van der Waals surface area (Å²) in [6, 6.07) is 13.3. The van der Waals surface area contributed by atoms with Gasteiger partial charge < -0.3 is 9.64 Å². The molecular formula is C22H29N3O3. The smallest absolute Gasteiger partial charge is 0.276 e. The molecule has 0 aliphatic carbocycles. The molecule has 2 rings (SSSR count). The Kier molecular flexibility index (Phi) is 7.44. The van der Waals surface area contributed by atoms with E-state index in [4.69, 9.17) is 4.74 Å². The average Bonchev–Trinajstić information content (AvgIpc) is 2.67. The number of anilines is 1. The van der Waals surface area contributed by atoms with Crippen molar-refractivity contribution in [2.45, 2.75) is 40.7 Å². The van der Waals surface area contributed by atoms with Gasteiger partial charge in [0.1, 0.15) is 5.75 Å². The summed E-state index contributed by atoms with van der Waals surface area (Å²) in [4.78, 5) is 26.3. The molecule has 0 atom stereocenters. The second-order valence-corrected chi connectivity index (χ2v) is 6.96. The number of amides is 2. The molecule has 2 N–H and O–H groups in total. The molecule has 2 aromatic carbocycles. The topological polar surface area (TPSA) is 70.7 Å². The number of nitrogens with zero attached hydrogens (tertiary/aromatic N) is 1. The summed E-state index contributed by atoms with van der Waals surface area (Å²) < 4.78 is 5.45. The van der Waals surface area contributed by atoms with Crippen molar-refractivity contribution in [1.82, 2.24) is 10.9 Å². The monoisotopic (exact) mass is 383 g/mol. The summed E-state index contributed by atoms with van der Waals surface area (Å²) in [5, 5.41) is 0. The highest BCUT2D eigenvalue weighted by atomic mass is 16.5. The lowest BCUT2D eigenvalue weighted by Crippen LogP contribution is -2.43. The van der Waals surface area contributed by atoms with Gasteiger partial charge in [-0.1, -0.05) is 6.07 Å². The van der Waals surface area contributed by atoms with Gasteiger partial charge in [0, 0.05) is 23.8 Å². The van der Waals surface area contributed by atoms with E-state index in [-0.39, 0.29) is 12.5 Å². The Balaban J connectivity index is 1.84. The van der Waals surface area contributed by atoms with Crippen molar-refractivity contribution < 1.29 is 14.3 Å². The van der Waals surface area contributed by atoms with Crippen LogP contribution < -0.4 is 20.5 Å². The zero-order chi connectivity index (χ0) is 20.7. The van der Waals surface area contributed by atoms with Crippen LogP contribution >= 0.6 is 0 Å². The fourth-order valence-electron chi connectivity index (χ4n) is 2.84. The number of hydrazine groups is 1. The lowest BCUT2D eigenvalue weighted by Gasteiger charge is -2.27. The summed E-state index contributed by atoms with van der Waals surface area (Å²) in [5.41, 5.74) is 8.55. The first-order chi connectivity index (χ1) is 13.3. The molecule has 2 amide bonds. The average molecular weight is 383 g/mol. The first-order valence-corrected chi connectivity index (χ1v) is 9.47. The van der Waals surface area contributed by atoms with Crippen LogP contribution in [0, 0.1) is 13.8 Å². The lowest BCUT2D eigenvalue weighted by atomic mass is 10.1. The van der Waals surface area contributed by atoms with Crippen LogP contribution in [0.5, 0.6) is 5.75 Å². The predicted molar refractivity (Wildman–Crippen MR) is 112 cm³/mol. The molecule has 6 heteroatoms. The number of benzene rings is 2. The molecule has 0 bridgehead atoms. The number of hydrogen-bond donors (Lipinski definition) is 2. The Morgan fingerprint density at radius 1 is 1.00 bits per heavy atom. The lowest BCUT2D eigenvalue weighted by molar-refractivity contribution is -0.123. The molecule has 0 aliphatic heterocycles. The number of rotatable bonds is 7. The minimum Gasteiger partial charge on any atom is -0.484 e. The molecule has 0 aromatic heterocycles. The molecule has 2 aromatic rings. The number of carbonyl (C=O) groups is 2. The van der Waals surface area contributed by atoms with E-state index in [1.165, 1.54) is 0 Å². The molecule has 6 nitrogen and oxygen atoms in total. The Hall–Kier alpha value is -3.02. The number of carbonyl (C=O) groups excluding carboxylic acids is 2. The fraction of sp³-hybridized carbons (Fsp3) is 0.364. The van der Waals surface area contributed by atoms with E-state index in [0.29, 0.717) is 17.4 Å². The first-order valence-electron chi connectivity index (χ1n) is 9.47. The maximum atomic E-state index is 12.2. The highest BCUT2D eigenvalue weighted by Gasteiger charge is 2.11. The second-order valence-electron chi connectivity index (χ2n) is 6.96.